The number of nitrogens with one attached hydrogen (secondary N) is 1. The number of amides is 1. The molecular weight excluding hydrogens is 276 g/mol. The number of rotatable bonds is 3. The van der Waals surface area contributed by atoms with Crippen LogP contribution in [0, 0.1) is 6.92 Å². The van der Waals surface area contributed by atoms with Crippen LogP contribution in [-0.2, 0) is 6.54 Å². The number of ether oxygens (including phenoxy) is 1. The SMILES string of the molecule is Cc1nn2cc(CNC(=O)Oc3ccccc3)nc2s1. The van der Waals surface area contributed by atoms with Crippen LogP contribution in [-0.4, -0.2) is 20.7 Å². The van der Waals surface area contributed by atoms with Crippen LogP contribution in [0.15, 0.2) is 36.5 Å². The molecule has 0 spiro atoms. The summed E-state index contributed by atoms with van der Waals surface area (Å²) in [5.41, 5.74) is 0.744. The van der Waals surface area contributed by atoms with Gasteiger partial charge in [-0.05, 0) is 19.1 Å². The number of aromatic nitrogens is 3. The van der Waals surface area contributed by atoms with Crippen molar-refractivity contribution < 1.29 is 9.53 Å². The van der Waals surface area contributed by atoms with E-state index in [1.54, 1.807) is 35.0 Å². The number of benzene rings is 1. The zero-order valence-electron chi connectivity index (χ0n) is 10.7. The third-order valence-corrected chi connectivity index (χ3v) is 3.40. The van der Waals surface area contributed by atoms with E-state index in [-0.39, 0.29) is 0 Å². The molecule has 1 aromatic carbocycles. The summed E-state index contributed by atoms with van der Waals surface area (Å²) in [6, 6.07) is 8.91. The summed E-state index contributed by atoms with van der Waals surface area (Å²) in [4.78, 5) is 16.8. The van der Waals surface area contributed by atoms with E-state index >= 15 is 0 Å². The smallest absolute Gasteiger partial charge is 0.410 e. The number of nitrogens with zero attached hydrogens (tertiary/aromatic N) is 3. The molecule has 3 aromatic rings. The van der Waals surface area contributed by atoms with Gasteiger partial charge in [0.1, 0.15) is 10.8 Å². The monoisotopic (exact) mass is 288 g/mol. The fourth-order valence-electron chi connectivity index (χ4n) is 1.72. The zero-order chi connectivity index (χ0) is 13.9. The van der Waals surface area contributed by atoms with Crippen LogP contribution in [0.4, 0.5) is 4.79 Å². The lowest BCUT2D eigenvalue weighted by molar-refractivity contribution is 0.200. The van der Waals surface area contributed by atoms with Gasteiger partial charge in [-0.25, -0.2) is 14.3 Å². The molecule has 1 N–H and O–H groups in total. The number of hydrogen-bond acceptors (Lipinski definition) is 5. The Kier molecular flexibility index (Phi) is 3.34. The molecule has 7 heteroatoms. The first-order chi connectivity index (χ1) is 9.70. The minimum Gasteiger partial charge on any atom is -0.410 e. The van der Waals surface area contributed by atoms with E-state index in [2.05, 4.69) is 15.4 Å². The molecule has 2 aromatic heterocycles. The van der Waals surface area contributed by atoms with Gasteiger partial charge >= 0.3 is 6.09 Å². The largest absolute Gasteiger partial charge is 0.412 e. The first-order valence-electron chi connectivity index (χ1n) is 6.03. The van der Waals surface area contributed by atoms with E-state index in [1.807, 2.05) is 13.0 Å². The number of fused-ring (bicyclic) bond motifs is 1. The lowest BCUT2D eigenvalue weighted by Gasteiger charge is -2.04. The molecule has 0 saturated heterocycles. The quantitative estimate of drug-likeness (QED) is 0.803. The Morgan fingerprint density at radius 1 is 1.40 bits per heavy atom. The molecule has 3 rings (SSSR count). The van der Waals surface area contributed by atoms with Gasteiger partial charge in [-0.3, -0.25) is 0 Å². The van der Waals surface area contributed by atoms with Gasteiger partial charge in [-0.2, -0.15) is 5.10 Å². The maximum absolute atomic E-state index is 11.6. The lowest BCUT2D eigenvalue weighted by atomic mass is 10.3. The van der Waals surface area contributed by atoms with E-state index in [1.165, 1.54) is 11.3 Å². The Hall–Kier alpha value is -2.41. The van der Waals surface area contributed by atoms with Crippen LogP contribution in [0.1, 0.15) is 10.7 Å². The number of aryl methyl sites for hydroxylation is 1. The molecule has 0 bridgehead atoms. The molecule has 0 atom stereocenters. The summed E-state index contributed by atoms with van der Waals surface area (Å²) in [5.74, 6) is 0.508. The van der Waals surface area contributed by atoms with Crippen molar-refractivity contribution in [3.63, 3.8) is 0 Å². The highest BCUT2D eigenvalue weighted by Crippen LogP contribution is 2.13. The van der Waals surface area contributed by atoms with Crippen molar-refractivity contribution in [3.05, 3.63) is 47.2 Å². The molecule has 0 aliphatic rings. The average Bonchev–Trinajstić information content (AvgIpc) is 2.94. The summed E-state index contributed by atoms with van der Waals surface area (Å²) in [6.07, 6.45) is 1.29. The Morgan fingerprint density at radius 3 is 2.95 bits per heavy atom. The Bertz CT molecular complexity index is 704. The Labute approximate surface area is 119 Å². The van der Waals surface area contributed by atoms with Crippen LogP contribution in [0.3, 0.4) is 0 Å². The number of hydrogen-bond donors (Lipinski definition) is 1. The summed E-state index contributed by atoms with van der Waals surface area (Å²) >= 11 is 1.51. The van der Waals surface area contributed by atoms with Crippen molar-refractivity contribution >= 4 is 22.4 Å². The van der Waals surface area contributed by atoms with E-state index < -0.39 is 6.09 Å². The molecule has 102 valence electrons. The molecular formula is C13H12N4O2S. The zero-order valence-corrected chi connectivity index (χ0v) is 11.6. The highest BCUT2D eigenvalue weighted by molar-refractivity contribution is 7.16. The maximum atomic E-state index is 11.6. The standard InChI is InChI=1S/C13H12N4O2S/c1-9-16-17-8-10(15-12(17)20-9)7-14-13(18)19-11-5-3-2-4-6-11/h2-6,8H,7H2,1H3,(H,14,18). The molecule has 0 aliphatic carbocycles. The lowest BCUT2D eigenvalue weighted by Crippen LogP contribution is -2.26. The van der Waals surface area contributed by atoms with Gasteiger partial charge in [0, 0.05) is 0 Å². The second kappa shape index (κ2) is 5.30. The number of carbonyl (C=O) groups excluding carboxylic acids is 1. The molecule has 0 unspecified atom stereocenters. The van der Waals surface area contributed by atoms with Gasteiger partial charge in [-0.15, -0.1) is 0 Å². The van der Waals surface area contributed by atoms with Crippen molar-refractivity contribution in [2.24, 2.45) is 0 Å². The summed E-state index contributed by atoms with van der Waals surface area (Å²) in [7, 11) is 0. The second-order valence-electron chi connectivity index (χ2n) is 4.14. The topological polar surface area (TPSA) is 68.5 Å². The number of carbonyl (C=O) groups is 1. The predicted octanol–water partition coefficient (Wildman–Crippen LogP) is 2.39. The first-order valence-corrected chi connectivity index (χ1v) is 6.85. The van der Waals surface area contributed by atoms with Crippen LogP contribution in [0.2, 0.25) is 0 Å². The Morgan fingerprint density at radius 2 is 2.20 bits per heavy atom. The minimum absolute atomic E-state index is 0.306. The van der Waals surface area contributed by atoms with Gasteiger partial charge < -0.3 is 10.1 Å². The highest BCUT2D eigenvalue weighted by Gasteiger charge is 2.08. The number of para-hydroxylation sites is 1. The van der Waals surface area contributed by atoms with Crippen molar-refractivity contribution in [1.29, 1.82) is 0 Å². The molecule has 6 nitrogen and oxygen atoms in total. The fraction of sp³-hybridized carbons (Fsp3) is 0.154. The van der Waals surface area contributed by atoms with Crippen LogP contribution in [0.5, 0.6) is 5.75 Å². The summed E-state index contributed by atoms with van der Waals surface area (Å²) < 4.78 is 6.82. The van der Waals surface area contributed by atoms with Crippen molar-refractivity contribution in [2.45, 2.75) is 13.5 Å². The molecule has 20 heavy (non-hydrogen) atoms. The predicted molar refractivity (Wildman–Crippen MR) is 74.9 cm³/mol. The number of imidazole rings is 1. The minimum atomic E-state index is -0.503. The van der Waals surface area contributed by atoms with Gasteiger partial charge in [0.2, 0.25) is 4.96 Å². The molecule has 0 aliphatic heterocycles. The first kappa shape index (κ1) is 12.6. The Balaban J connectivity index is 1.58. The van der Waals surface area contributed by atoms with Gasteiger partial charge in [0.15, 0.2) is 0 Å². The molecule has 0 fully saturated rings. The highest BCUT2D eigenvalue weighted by atomic mass is 32.1. The maximum Gasteiger partial charge on any atom is 0.412 e. The molecule has 2 heterocycles. The summed E-state index contributed by atoms with van der Waals surface area (Å²) in [5, 5.41) is 7.86. The van der Waals surface area contributed by atoms with Gasteiger partial charge in [0.25, 0.3) is 0 Å². The normalized spacial score (nSPS) is 10.7. The van der Waals surface area contributed by atoms with E-state index in [9.17, 15) is 4.79 Å². The molecule has 0 saturated carbocycles. The van der Waals surface area contributed by atoms with E-state index in [4.69, 9.17) is 4.74 Å². The van der Waals surface area contributed by atoms with Crippen molar-refractivity contribution in [2.75, 3.05) is 0 Å². The van der Waals surface area contributed by atoms with Crippen LogP contribution in [0.25, 0.3) is 4.96 Å². The van der Waals surface area contributed by atoms with Gasteiger partial charge in [0.05, 0.1) is 18.4 Å². The third-order valence-electron chi connectivity index (χ3n) is 2.56. The van der Waals surface area contributed by atoms with Crippen LogP contribution < -0.4 is 10.1 Å². The third kappa shape index (κ3) is 2.77. The van der Waals surface area contributed by atoms with Crippen molar-refractivity contribution in [1.82, 2.24) is 19.9 Å². The second-order valence-corrected chi connectivity index (χ2v) is 5.30. The molecule has 0 radical (unpaired) electrons. The van der Waals surface area contributed by atoms with E-state index in [0.717, 1.165) is 15.7 Å². The van der Waals surface area contributed by atoms with Crippen LogP contribution >= 0.6 is 11.3 Å². The summed E-state index contributed by atoms with van der Waals surface area (Å²) in [6.45, 7) is 2.23. The average molecular weight is 288 g/mol. The van der Waals surface area contributed by atoms with Crippen molar-refractivity contribution in [3.8, 4) is 5.75 Å². The van der Waals surface area contributed by atoms with E-state index in [0.29, 0.717) is 12.3 Å². The van der Waals surface area contributed by atoms with Gasteiger partial charge in [-0.1, -0.05) is 29.5 Å². The fourth-order valence-corrected chi connectivity index (χ4v) is 2.47. The molecule has 1 amide bonds.